The summed E-state index contributed by atoms with van der Waals surface area (Å²) in [6, 6.07) is 7.33. The molecule has 1 aliphatic carbocycles. The van der Waals surface area contributed by atoms with E-state index in [9.17, 15) is 9.59 Å². The Balaban J connectivity index is 0.00000264. The summed E-state index contributed by atoms with van der Waals surface area (Å²) in [5.74, 6) is -0.0952. The first kappa shape index (κ1) is 19.5. The summed E-state index contributed by atoms with van der Waals surface area (Å²) >= 11 is 0. The molecule has 0 aliphatic heterocycles. The van der Waals surface area contributed by atoms with Crippen molar-refractivity contribution in [3.63, 3.8) is 0 Å². The third-order valence-corrected chi connectivity index (χ3v) is 3.95. The van der Waals surface area contributed by atoms with Crippen LogP contribution in [0.25, 0.3) is 0 Å². The maximum atomic E-state index is 12.1. The minimum absolute atomic E-state index is 0. The molecular formula is C17H26ClN3O2. The second-order valence-corrected chi connectivity index (χ2v) is 6.10. The van der Waals surface area contributed by atoms with Gasteiger partial charge in [-0.15, -0.1) is 12.4 Å². The topological polar surface area (TPSA) is 84.2 Å². The van der Waals surface area contributed by atoms with Crippen molar-refractivity contribution >= 4 is 29.9 Å². The molecule has 5 nitrogen and oxygen atoms in total. The Morgan fingerprint density at radius 1 is 1.22 bits per heavy atom. The van der Waals surface area contributed by atoms with Crippen LogP contribution in [0.15, 0.2) is 24.3 Å². The average molecular weight is 340 g/mol. The van der Waals surface area contributed by atoms with Gasteiger partial charge in [0.25, 0.3) is 5.91 Å². The minimum atomic E-state index is -0.0551. The van der Waals surface area contributed by atoms with Crippen molar-refractivity contribution in [1.29, 1.82) is 0 Å². The lowest BCUT2D eigenvalue weighted by molar-refractivity contribution is -0.116. The summed E-state index contributed by atoms with van der Waals surface area (Å²) in [5.41, 5.74) is 6.96. The van der Waals surface area contributed by atoms with Gasteiger partial charge in [-0.2, -0.15) is 0 Å². The van der Waals surface area contributed by atoms with Crippen LogP contribution in [-0.2, 0) is 4.79 Å². The van der Waals surface area contributed by atoms with E-state index in [2.05, 4.69) is 10.6 Å². The van der Waals surface area contributed by atoms with E-state index in [0.29, 0.717) is 30.1 Å². The Hall–Kier alpha value is -1.59. The number of hydrogen-bond acceptors (Lipinski definition) is 3. The fraction of sp³-hybridized carbons (Fsp3) is 0.529. The molecule has 0 aromatic heterocycles. The van der Waals surface area contributed by atoms with E-state index in [1.165, 1.54) is 12.8 Å². The molecule has 2 rings (SSSR count). The molecule has 2 amide bonds. The van der Waals surface area contributed by atoms with Crippen LogP contribution in [0.1, 0.15) is 55.8 Å². The standard InChI is InChI=1S/C17H25N3O2.ClH/c1-12(18)6-11-16(21)19-15-9-7-13(8-10-15)17(22)20-14-4-2-3-5-14;/h7-10,12,14H,2-6,11,18H2,1H3,(H,19,21)(H,20,22);1H. The maximum Gasteiger partial charge on any atom is 0.251 e. The van der Waals surface area contributed by atoms with E-state index >= 15 is 0 Å². The second-order valence-electron chi connectivity index (χ2n) is 6.10. The fourth-order valence-corrected chi connectivity index (χ4v) is 2.63. The maximum absolute atomic E-state index is 12.1. The van der Waals surface area contributed by atoms with Gasteiger partial charge in [-0.1, -0.05) is 12.8 Å². The zero-order valence-corrected chi connectivity index (χ0v) is 14.3. The highest BCUT2D eigenvalue weighted by Crippen LogP contribution is 2.18. The first-order chi connectivity index (χ1) is 10.5. The number of hydrogen-bond donors (Lipinski definition) is 3. The quantitative estimate of drug-likeness (QED) is 0.745. The molecule has 0 bridgehead atoms. The van der Waals surface area contributed by atoms with Gasteiger partial charge < -0.3 is 16.4 Å². The molecule has 23 heavy (non-hydrogen) atoms. The lowest BCUT2D eigenvalue weighted by Crippen LogP contribution is -2.32. The molecule has 4 N–H and O–H groups in total. The summed E-state index contributed by atoms with van der Waals surface area (Å²) in [5, 5.41) is 5.86. The second kappa shape index (κ2) is 9.53. The highest BCUT2D eigenvalue weighted by atomic mass is 35.5. The van der Waals surface area contributed by atoms with Crippen molar-refractivity contribution in [3.05, 3.63) is 29.8 Å². The van der Waals surface area contributed by atoms with E-state index in [4.69, 9.17) is 5.73 Å². The third-order valence-electron chi connectivity index (χ3n) is 3.95. The minimum Gasteiger partial charge on any atom is -0.349 e. The predicted molar refractivity (Wildman–Crippen MR) is 94.9 cm³/mol. The lowest BCUT2D eigenvalue weighted by Gasteiger charge is -2.12. The number of benzene rings is 1. The number of amides is 2. The van der Waals surface area contributed by atoms with Crippen molar-refractivity contribution < 1.29 is 9.59 Å². The predicted octanol–water partition coefficient (Wildman–Crippen LogP) is 2.85. The zero-order chi connectivity index (χ0) is 15.9. The molecule has 1 fully saturated rings. The summed E-state index contributed by atoms with van der Waals surface area (Å²) in [6.45, 7) is 1.88. The van der Waals surface area contributed by atoms with Crippen molar-refractivity contribution in [2.75, 3.05) is 5.32 Å². The van der Waals surface area contributed by atoms with Crippen LogP contribution in [0, 0.1) is 0 Å². The molecule has 1 aromatic rings. The monoisotopic (exact) mass is 339 g/mol. The molecular weight excluding hydrogens is 314 g/mol. The fourth-order valence-electron chi connectivity index (χ4n) is 2.63. The summed E-state index contributed by atoms with van der Waals surface area (Å²) < 4.78 is 0. The lowest BCUT2D eigenvalue weighted by atomic mass is 10.1. The van der Waals surface area contributed by atoms with E-state index in [-0.39, 0.29) is 30.3 Å². The van der Waals surface area contributed by atoms with Crippen molar-refractivity contribution in [2.45, 2.75) is 57.5 Å². The molecule has 1 aliphatic rings. The zero-order valence-electron chi connectivity index (χ0n) is 13.5. The highest BCUT2D eigenvalue weighted by molar-refractivity contribution is 5.96. The molecule has 0 spiro atoms. The Kier molecular flexibility index (Phi) is 8.06. The number of rotatable bonds is 6. The summed E-state index contributed by atoms with van der Waals surface area (Å²) in [7, 11) is 0. The van der Waals surface area contributed by atoms with Gasteiger partial charge in [-0.3, -0.25) is 9.59 Å². The van der Waals surface area contributed by atoms with Gasteiger partial charge in [0.05, 0.1) is 0 Å². The Labute approximate surface area is 143 Å². The summed E-state index contributed by atoms with van der Waals surface area (Å²) in [4.78, 5) is 23.8. The number of nitrogens with one attached hydrogen (secondary N) is 2. The van der Waals surface area contributed by atoms with Crippen LogP contribution in [-0.4, -0.2) is 23.9 Å². The smallest absolute Gasteiger partial charge is 0.251 e. The molecule has 0 heterocycles. The van der Waals surface area contributed by atoms with Gasteiger partial charge in [0.15, 0.2) is 0 Å². The molecule has 6 heteroatoms. The molecule has 0 saturated heterocycles. The Morgan fingerprint density at radius 2 is 1.83 bits per heavy atom. The van der Waals surface area contributed by atoms with Crippen LogP contribution in [0.2, 0.25) is 0 Å². The Bertz CT molecular complexity index is 511. The van der Waals surface area contributed by atoms with Crippen molar-refractivity contribution in [1.82, 2.24) is 5.32 Å². The van der Waals surface area contributed by atoms with E-state index in [1.807, 2.05) is 6.92 Å². The SMILES string of the molecule is CC(N)CCC(=O)Nc1ccc(C(=O)NC2CCCC2)cc1.Cl. The molecule has 1 unspecified atom stereocenters. The highest BCUT2D eigenvalue weighted by Gasteiger charge is 2.17. The van der Waals surface area contributed by atoms with Gasteiger partial charge >= 0.3 is 0 Å². The van der Waals surface area contributed by atoms with Crippen molar-refractivity contribution in [2.24, 2.45) is 5.73 Å². The number of carbonyl (C=O) groups is 2. The van der Waals surface area contributed by atoms with Crippen LogP contribution >= 0.6 is 12.4 Å². The molecule has 0 radical (unpaired) electrons. The van der Waals surface area contributed by atoms with E-state index in [1.54, 1.807) is 24.3 Å². The van der Waals surface area contributed by atoms with E-state index < -0.39 is 0 Å². The largest absolute Gasteiger partial charge is 0.349 e. The first-order valence-electron chi connectivity index (χ1n) is 8.01. The normalized spacial score (nSPS) is 15.6. The molecule has 1 atom stereocenters. The van der Waals surface area contributed by atoms with Crippen LogP contribution in [0.4, 0.5) is 5.69 Å². The molecule has 1 saturated carbocycles. The molecule has 128 valence electrons. The van der Waals surface area contributed by atoms with Crippen LogP contribution < -0.4 is 16.4 Å². The molecule has 1 aromatic carbocycles. The average Bonchev–Trinajstić information content (AvgIpc) is 2.99. The number of carbonyl (C=O) groups excluding carboxylic acids is 2. The van der Waals surface area contributed by atoms with Gasteiger partial charge in [0, 0.05) is 29.8 Å². The van der Waals surface area contributed by atoms with Gasteiger partial charge in [-0.25, -0.2) is 0 Å². The number of halogens is 1. The number of anilines is 1. The van der Waals surface area contributed by atoms with Gasteiger partial charge in [0.2, 0.25) is 5.91 Å². The first-order valence-corrected chi connectivity index (χ1v) is 8.01. The van der Waals surface area contributed by atoms with Gasteiger partial charge in [0.1, 0.15) is 0 Å². The van der Waals surface area contributed by atoms with Crippen LogP contribution in [0.3, 0.4) is 0 Å². The Morgan fingerprint density at radius 3 is 2.39 bits per heavy atom. The van der Waals surface area contributed by atoms with Gasteiger partial charge in [-0.05, 0) is 50.5 Å². The third kappa shape index (κ3) is 6.59. The van der Waals surface area contributed by atoms with Crippen molar-refractivity contribution in [3.8, 4) is 0 Å². The summed E-state index contributed by atoms with van der Waals surface area (Å²) in [6.07, 6.45) is 5.59. The van der Waals surface area contributed by atoms with E-state index in [0.717, 1.165) is 12.8 Å². The number of nitrogens with two attached hydrogens (primary N) is 1. The van der Waals surface area contributed by atoms with Crippen LogP contribution in [0.5, 0.6) is 0 Å².